The van der Waals surface area contributed by atoms with Crippen LogP contribution in [0.25, 0.3) is 0 Å². The van der Waals surface area contributed by atoms with Gasteiger partial charge in [0.25, 0.3) is 5.91 Å². The number of nitrogens with one attached hydrogen (secondary N) is 1. The predicted molar refractivity (Wildman–Crippen MR) is 69.0 cm³/mol. The molecule has 0 bridgehead atoms. The number of carbonyl (C=O) groups is 1. The molecule has 0 aliphatic rings. The zero-order valence-electron chi connectivity index (χ0n) is 9.90. The highest BCUT2D eigenvalue weighted by molar-refractivity contribution is 6.34. The number of rotatable bonds is 4. The molecule has 0 fully saturated rings. The number of benzene rings is 1. The minimum absolute atomic E-state index is 0.0895. The van der Waals surface area contributed by atoms with E-state index in [1.807, 2.05) is 13.8 Å². The van der Waals surface area contributed by atoms with Crippen LogP contribution in [0.3, 0.4) is 0 Å². The Labute approximate surface area is 106 Å². The van der Waals surface area contributed by atoms with Gasteiger partial charge in [-0.15, -0.1) is 0 Å². The third-order valence-electron chi connectivity index (χ3n) is 2.48. The van der Waals surface area contributed by atoms with E-state index in [0.717, 1.165) is 0 Å². The first kappa shape index (κ1) is 13.8. The monoisotopic (exact) mass is 256 g/mol. The van der Waals surface area contributed by atoms with Crippen LogP contribution in [0.15, 0.2) is 18.2 Å². The highest BCUT2D eigenvalue weighted by Gasteiger charge is 2.14. The number of amides is 1. The highest BCUT2D eigenvalue weighted by Crippen LogP contribution is 2.18. The number of nitrogens with two attached hydrogens (primary N) is 1. The number of aliphatic hydroxyl groups is 1. The smallest absolute Gasteiger partial charge is 0.252 e. The van der Waals surface area contributed by atoms with E-state index in [1.165, 1.54) is 6.07 Å². The number of hydrogen-bond acceptors (Lipinski definition) is 3. The summed E-state index contributed by atoms with van der Waals surface area (Å²) in [6, 6.07) is 4.71. The molecule has 0 heterocycles. The molecule has 1 rings (SSSR count). The molecule has 0 aliphatic carbocycles. The predicted octanol–water partition coefficient (Wildman–Crippen LogP) is 1.67. The van der Waals surface area contributed by atoms with Crippen molar-refractivity contribution in [3.05, 3.63) is 28.8 Å². The molecule has 1 unspecified atom stereocenters. The highest BCUT2D eigenvalue weighted by atomic mass is 35.5. The lowest BCUT2D eigenvalue weighted by Crippen LogP contribution is -2.34. The van der Waals surface area contributed by atoms with Crippen molar-refractivity contribution in [2.75, 3.05) is 12.3 Å². The number of anilines is 1. The second kappa shape index (κ2) is 5.89. The van der Waals surface area contributed by atoms with Crippen molar-refractivity contribution in [1.29, 1.82) is 0 Å². The lowest BCUT2D eigenvalue weighted by atomic mass is 10.1. The topological polar surface area (TPSA) is 75.3 Å². The van der Waals surface area contributed by atoms with Crippen LogP contribution in [-0.2, 0) is 0 Å². The van der Waals surface area contributed by atoms with Gasteiger partial charge in [0.1, 0.15) is 0 Å². The SMILES string of the molecule is CC(C)C(O)CNC(=O)c1cc(N)ccc1Cl. The quantitative estimate of drug-likeness (QED) is 0.718. The van der Waals surface area contributed by atoms with Crippen LogP contribution in [0.1, 0.15) is 24.2 Å². The zero-order valence-corrected chi connectivity index (χ0v) is 10.7. The van der Waals surface area contributed by atoms with Gasteiger partial charge in [0.05, 0.1) is 16.7 Å². The second-order valence-electron chi connectivity index (χ2n) is 4.26. The molecule has 0 saturated heterocycles. The van der Waals surface area contributed by atoms with Gasteiger partial charge in [-0.1, -0.05) is 25.4 Å². The van der Waals surface area contributed by atoms with Gasteiger partial charge in [-0.2, -0.15) is 0 Å². The third-order valence-corrected chi connectivity index (χ3v) is 2.81. The van der Waals surface area contributed by atoms with Crippen molar-refractivity contribution in [2.45, 2.75) is 20.0 Å². The molecular formula is C12H17ClN2O2. The maximum atomic E-state index is 11.8. The minimum Gasteiger partial charge on any atom is -0.399 e. The van der Waals surface area contributed by atoms with Crippen LogP contribution in [0.5, 0.6) is 0 Å². The first-order valence-electron chi connectivity index (χ1n) is 5.43. The third kappa shape index (κ3) is 3.91. The van der Waals surface area contributed by atoms with Crippen molar-refractivity contribution >= 4 is 23.2 Å². The molecule has 1 atom stereocenters. The summed E-state index contributed by atoms with van der Waals surface area (Å²) in [4.78, 5) is 11.8. The summed E-state index contributed by atoms with van der Waals surface area (Å²) < 4.78 is 0. The lowest BCUT2D eigenvalue weighted by Gasteiger charge is -2.15. The Hall–Kier alpha value is -1.26. The summed E-state index contributed by atoms with van der Waals surface area (Å²) in [6.45, 7) is 3.95. The van der Waals surface area contributed by atoms with Crippen LogP contribution in [0.4, 0.5) is 5.69 Å². The van der Waals surface area contributed by atoms with Crippen LogP contribution in [0, 0.1) is 5.92 Å². The fourth-order valence-electron chi connectivity index (χ4n) is 1.25. The van der Waals surface area contributed by atoms with Gasteiger partial charge >= 0.3 is 0 Å². The fourth-order valence-corrected chi connectivity index (χ4v) is 1.45. The Bertz CT molecular complexity index is 407. The fraction of sp³-hybridized carbons (Fsp3) is 0.417. The van der Waals surface area contributed by atoms with E-state index in [4.69, 9.17) is 17.3 Å². The standard InChI is InChI=1S/C12H17ClN2O2/c1-7(2)11(16)6-15-12(17)9-5-8(14)3-4-10(9)13/h3-5,7,11,16H,6,14H2,1-2H3,(H,15,17). The number of nitrogen functional groups attached to an aromatic ring is 1. The summed E-state index contributed by atoms with van der Waals surface area (Å²) in [5.74, 6) is -0.242. The molecule has 94 valence electrons. The zero-order chi connectivity index (χ0) is 13.0. The molecule has 17 heavy (non-hydrogen) atoms. The van der Waals surface area contributed by atoms with Gasteiger partial charge in [0, 0.05) is 12.2 Å². The average molecular weight is 257 g/mol. The Morgan fingerprint density at radius 1 is 1.53 bits per heavy atom. The number of carbonyl (C=O) groups excluding carboxylic acids is 1. The average Bonchev–Trinajstić information content (AvgIpc) is 2.28. The molecule has 0 aliphatic heterocycles. The number of halogens is 1. The molecule has 1 aromatic rings. The molecule has 0 spiro atoms. The van der Waals surface area contributed by atoms with Gasteiger partial charge in [0.15, 0.2) is 0 Å². The molecule has 4 nitrogen and oxygen atoms in total. The van der Waals surface area contributed by atoms with E-state index < -0.39 is 6.10 Å². The van der Waals surface area contributed by atoms with Crippen molar-refractivity contribution < 1.29 is 9.90 Å². The van der Waals surface area contributed by atoms with Crippen LogP contribution < -0.4 is 11.1 Å². The Morgan fingerprint density at radius 2 is 2.18 bits per heavy atom. The van der Waals surface area contributed by atoms with Crippen molar-refractivity contribution in [1.82, 2.24) is 5.32 Å². The van der Waals surface area contributed by atoms with Crippen LogP contribution in [-0.4, -0.2) is 23.7 Å². The summed E-state index contributed by atoms with van der Waals surface area (Å²) in [5.41, 5.74) is 6.38. The van der Waals surface area contributed by atoms with Gasteiger partial charge in [-0.3, -0.25) is 4.79 Å². The number of aliphatic hydroxyl groups excluding tert-OH is 1. The largest absolute Gasteiger partial charge is 0.399 e. The summed E-state index contributed by atoms with van der Waals surface area (Å²) in [5, 5.41) is 12.5. The van der Waals surface area contributed by atoms with Gasteiger partial charge in [0.2, 0.25) is 0 Å². The normalized spacial score (nSPS) is 12.5. The van der Waals surface area contributed by atoms with E-state index in [-0.39, 0.29) is 18.4 Å². The first-order valence-corrected chi connectivity index (χ1v) is 5.81. The van der Waals surface area contributed by atoms with E-state index in [1.54, 1.807) is 12.1 Å². The first-order chi connectivity index (χ1) is 7.91. The summed E-state index contributed by atoms with van der Waals surface area (Å²) in [6.07, 6.45) is -0.571. The summed E-state index contributed by atoms with van der Waals surface area (Å²) in [7, 11) is 0. The van der Waals surface area contributed by atoms with E-state index in [2.05, 4.69) is 5.32 Å². The van der Waals surface area contributed by atoms with E-state index >= 15 is 0 Å². The van der Waals surface area contributed by atoms with Crippen molar-refractivity contribution in [2.24, 2.45) is 5.92 Å². The Balaban J connectivity index is 2.67. The van der Waals surface area contributed by atoms with E-state index in [9.17, 15) is 9.90 Å². The second-order valence-corrected chi connectivity index (χ2v) is 4.67. The molecule has 1 amide bonds. The molecule has 0 aromatic heterocycles. The molecule has 5 heteroatoms. The number of hydrogen-bond donors (Lipinski definition) is 3. The molecule has 0 radical (unpaired) electrons. The maximum Gasteiger partial charge on any atom is 0.252 e. The maximum absolute atomic E-state index is 11.8. The molecule has 0 saturated carbocycles. The van der Waals surface area contributed by atoms with E-state index in [0.29, 0.717) is 16.3 Å². The van der Waals surface area contributed by atoms with Gasteiger partial charge < -0.3 is 16.2 Å². The van der Waals surface area contributed by atoms with Gasteiger partial charge in [-0.25, -0.2) is 0 Å². The molecule has 1 aromatic carbocycles. The van der Waals surface area contributed by atoms with Crippen LogP contribution >= 0.6 is 11.6 Å². The molecule has 4 N–H and O–H groups in total. The lowest BCUT2D eigenvalue weighted by molar-refractivity contribution is 0.0872. The molecular weight excluding hydrogens is 240 g/mol. The Morgan fingerprint density at radius 3 is 2.76 bits per heavy atom. The summed E-state index contributed by atoms with van der Waals surface area (Å²) >= 11 is 5.89. The Kier molecular flexibility index (Phi) is 4.78. The van der Waals surface area contributed by atoms with Gasteiger partial charge in [-0.05, 0) is 24.1 Å². The minimum atomic E-state index is -0.571. The van der Waals surface area contributed by atoms with Crippen LogP contribution in [0.2, 0.25) is 5.02 Å². The van der Waals surface area contributed by atoms with Crippen molar-refractivity contribution in [3.63, 3.8) is 0 Å². The van der Waals surface area contributed by atoms with Crippen molar-refractivity contribution in [3.8, 4) is 0 Å².